The summed E-state index contributed by atoms with van der Waals surface area (Å²) in [6.45, 7) is 4.84. The van der Waals surface area contributed by atoms with Gasteiger partial charge in [0.25, 0.3) is 0 Å². The lowest BCUT2D eigenvalue weighted by Crippen LogP contribution is -2.44. The molecule has 2 amide bonds. The van der Waals surface area contributed by atoms with Crippen LogP contribution in [0.5, 0.6) is 0 Å². The second kappa shape index (κ2) is 9.37. The summed E-state index contributed by atoms with van der Waals surface area (Å²) in [5.41, 5.74) is 1.23. The van der Waals surface area contributed by atoms with E-state index >= 15 is 0 Å². The van der Waals surface area contributed by atoms with Crippen LogP contribution >= 0.6 is 0 Å². The summed E-state index contributed by atoms with van der Waals surface area (Å²) < 4.78 is 0. The van der Waals surface area contributed by atoms with Crippen molar-refractivity contribution < 1.29 is 9.90 Å². The molecule has 0 spiro atoms. The molecule has 0 aliphatic heterocycles. The Balaban J connectivity index is 2.34. The topological polar surface area (TPSA) is 61.4 Å². The number of rotatable bonds is 8. The third-order valence-electron chi connectivity index (χ3n) is 3.39. The fraction of sp³-hybridized carbons (Fsp3) is 0.562. The Labute approximate surface area is 121 Å². The van der Waals surface area contributed by atoms with Gasteiger partial charge >= 0.3 is 6.03 Å². The van der Waals surface area contributed by atoms with Crippen molar-refractivity contribution in [3.8, 4) is 0 Å². The van der Waals surface area contributed by atoms with Crippen LogP contribution in [0.3, 0.4) is 0 Å². The molecule has 0 aromatic heterocycles. The van der Waals surface area contributed by atoms with Crippen LogP contribution in [0.1, 0.15) is 32.3 Å². The van der Waals surface area contributed by atoms with E-state index in [1.807, 2.05) is 25.1 Å². The van der Waals surface area contributed by atoms with Crippen molar-refractivity contribution >= 4 is 6.03 Å². The molecule has 0 fully saturated rings. The van der Waals surface area contributed by atoms with Gasteiger partial charge in [-0.1, -0.05) is 44.2 Å². The van der Waals surface area contributed by atoms with Gasteiger partial charge in [0.15, 0.2) is 0 Å². The average Bonchev–Trinajstić information content (AvgIpc) is 2.46. The van der Waals surface area contributed by atoms with Crippen molar-refractivity contribution in [3.05, 3.63) is 35.9 Å². The van der Waals surface area contributed by atoms with Gasteiger partial charge < -0.3 is 15.7 Å². The normalized spacial score (nSPS) is 13.6. The van der Waals surface area contributed by atoms with Gasteiger partial charge in [0, 0.05) is 19.2 Å². The molecule has 2 atom stereocenters. The predicted octanol–water partition coefficient (Wildman–Crippen LogP) is 2.33. The van der Waals surface area contributed by atoms with E-state index < -0.39 is 0 Å². The molecule has 0 heterocycles. The van der Waals surface area contributed by atoms with Gasteiger partial charge in [0.05, 0.1) is 0 Å². The number of amides is 2. The van der Waals surface area contributed by atoms with E-state index in [0.717, 1.165) is 12.8 Å². The number of urea groups is 1. The van der Waals surface area contributed by atoms with E-state index in [0.29, 0.717) is 18.9 Å². The quantitative estimate of drug-likeness (QED) is 0.683. The van der Waals surface area contributed by atoms with Crippen LogP contribution in [0.4, 0.5) is 4.79 Å². The zero-order valence-corrected chi connectivity index (χ0v) is 12.4. The number of aliphatic hydroxyl groups is 1. The van der Waals surface area contributed by atoms with Crippen molar-refractivity contribution in [2.45, 2.75) is 39.2 Å². The van der Waals surface area contributed by atoms with Crippen LogP contribution in [-0.2, 0) is 6.42 Å². The molecular weight excluding hydrogens is 252 g/mol. The maximum Gasteiger partial charge on any atom is 0.315 e. The molecule has 1 aromatic rings. The molecule has 0 aliphatic carbocycles. The minimum Gasteiger partial charge on any atom is -0.396 e. The third-order valence-corrected chi connectivity index (χ3v) is 3.39. The van der Waals surface area contributed by atoms with Crippen LogP contribution in [0.15, 0.2) is 30.3 Å². The Hall–Kier alpha value is -1.55. The lowest BCUT2D eigenvalue weighted by atomic mass is 10.0. The predicted molar refractivity (Wildman–Crippen MR) is 81.6 cm³/mol. The van der Waals surface area contributed by atoms with Gasteiger partial charge in [-0.05, 0) is 30.7 Å². The lowest BCUT2D eigenvalue weighted by Gasteiger charge is -2.18. The number of carbonyl (C=O) groups is 1. The molecule has 0 aliphatic rings. The summed E-state index contributed by atoms with van der Waals surface area (Å²) in [4.78, 5) is 11.8. The Morgan fingerprint density at radius 1 is 1.30 bits per heavy atom. The largest absolute Gasteiger partial charge is 0.396 e. The monoisotopic (exact) mass is 278 g/mol. The van der Waals surface area contributed by atoms with Gasteiger partial charge in [0.1, 0.15) is 0 Å². The first-order valence-corrected chi connectivity index (χ1v) is 7.34. The molecule has 112 valence electrons. The summed E-state index contributed by atoms with van der Waals surface area (Å²) in [5.74, 6) is 0.292. The van der Waals surface area contributed by atoms with E-state index in [9.17, 15) is 4.79 Å². The van der Waals surface area contributed by atoms with Crippen molar-refractivity contribution in [3.63, 3.8) is 0 Å². The molecule has 3 N–H and O–H groups in total. The maximum atomic E-state index is 11.8. The number of carbonyl (C=O) groups excluding carboxylic acids is 1. The van der Waals surface area contributed by atoms with E-state index in [-0.39, 0.29) is 18.7 Å². The molecule has 0 saturated heterocycles. The third kappa shape index (κ3) is 6.57. The SMILES string of the molecule is CCC(Cc1ccccc1)NC(=O)NCC(C)CCO. The number of aliphatic hydroxyl groups excluding tert-OH is 1. The highest BCUT2D eigenvalue weighted by molar-refractivity contribution is 5.74. The van der Waals surface area contributed by atoms with Crippen molar-refractivity contribution in [1.82, 2.24) is 10.6 Å². The van der Waals surface area contributed by atoms with E-state index in [2.05, 4.69) is 29.7 Å². The average molecular weight is 278 g/mol. The Morgan fingerprint density at radius 3 is 2.60 bits per heavy atom. The summed E-state index contributed by atoms with van der Waals surface area (Å²) in [5, 5.41) is 14.7. The van der Waals surface area contributed by atoms with Crippen molar-refractivity contribution in [2.75, 3.05) is 13.2 Å². The maximum absolute atomic E-state index is 11.8. The second-order valence-electron chi connectivity index (χ2n) is 5.27. The molecule has 2 unspecified atom stereocenters. The number of hydrogen-bond donors (Lipinski definition) is 3. The van der Waals surface area contributed by atoms with Gasteiger partial charge in [0.2, 0.25) is 0 Å². The molecule has 20 heavy (non-hydrogen) atoms. The molecule has 0 saturated carbocycles. The fourth-order valence-corrected chi connectivity index (χ4v) is 2.02. The van der Waals surface area contributed by atoms with Gasteiger partial charge in [-0.2, -0.15) is 0 Å². The van der Waals surface area contributed by atoms with Crippen LogP contribution in [0, 0.1) is 5.92 Å². The van der Waals surface area contributed by atoms with Crippen molar-refractivity contribution in [1.29, 1.82) is 0 Å². The van der Waals surface area contributed by atoms with Crippen LogP contribution in [0.25, 0.3) is 0 Å². The number of nitrogens with one attached hydrogen (secondary N) is 2. The molecular formula is C16H26N2O2. The molecule has 1 aromatic carbocycles. The highest BCUT2D eigenvalue weighted by Gasteiger charge is 2.11. The number of hydrogen-bond acceptors (Lipinski definition) is 2. The molecule has 0 bridgehead atoms. The first-order valence-electron chi connectivity index (χ1n) is 7.34. The van der Waals surface area contributed by atoms with Crippen LogP contribution in [-0.4, -0.2) is 30.3 Å². The zero-order chi connectivity index (χ0) is 14.8. The minimum absolute atomic E-state index is 0.127. The van der Waals surface area contributed by atoms with Crippen LogP contribution in [0.2, 0.25) is 0 Å². The summed E-state index contributed by atoms with van der Waals surface area (Å²) >= 11 is 0. The highest BCUT2D eigenvalue weighted by atomic mass is 16.3. The molecule has 4 nitrogen and oxygen atoms in total. The van der Waals surface area contributed by atoms with E-state index in [4.69, 9.17) is 5.11 Å². The fourth-order valence-electron chi connectivity index (χ4n) is 2.02. The van der Waals surface area contributed by atoms with E-state index in [1.54, 1.807) is 0 Å². The summed E-state index contributed by atoms with van der Waals surface area (Å²) in [6, 6.07) is 10.2. The highest BCUT2D eigenvalue weighted by Crippen LogP contribution is 2.05. The van der Waals surface area contributed by atoms with E-state index in [1.165, 1.54) is 5.56 Å². The van der Waals surface area contributed by atoms with Gasteiger partial charge in [-0.3, -0.25) is 0 Å². The van der Waals surface area contributed by atoms with Crippen molar-refractivity contribution in [2.24, 2.45) is 5.92 Å². The smallest absolute Gasteiger partial charge is 0.315 e. The second-order valence-corrected chi connectivity index (χ2v) is 5.27. The Morgan fingerprint density at radius 2 is 2.00 bits per heavy atom. The minimum atomic E-state index is -0.127. The molecule has 4 heteroatoms. The van der Waals surface area contributed by atoms with Gasteiger partial charge in [-0.15, -0.1) is 0 Å². The summed E-state index contributed by atoms with van der Waals surface area (Å²) in [6.07, 6.45) is 2.45. The Kier molecular flexibility index (Phi) is 7.73. The first-order chi connectivity index (χ1) is 9.65. The zero-order valence-electron chi connectivity index (χ0n) is 12.4. The van der Waals surface area contributed by atoms with Crippen LogP contribution < -0.4 is 10.6 Å². The van der Waals surface area contributed by atoms with Gasteiger partial charge in [-0.25, -0.2) is 4.79 Å². The molecule has 0 radical (unpaired) electrons. The lowest BCUT2D eigenvalue weighted by molar-refractivity contribution is 0.230. The standard InChI is InChI=1S/C16H26N2O2/c1-3-15(11-14-7-5-4-6-8-14)18-16(20)17-12-13(2)9-10-19/h4-8,13,15,19H,3,9-12H2,1-2H3,(H2,17,18,20). The number of benzene rings is 1. The molecule has 1 rings (SSSR count). The Bertz CT molecular complexity index is 381. The first kappa shape index (κ1) is 16.5. The summed E-state index contributed by atoms with van der Waals surface area (Å²) in [7, 11) is 0.